The summed E-state index contributed by atoms with van der Waals surface area (Å²) in [5, 5.41) is 5.61. The van der Waals surface area contributed by atoms with Gasteiger partial charge in [0.05, 0.1) is 15.4 Å². The summed E-state index contributed by atoms with van der Waals surface area (Å²) in [5.41, 5.74) is 6.66. The van der Waals surface area contributed by atoms with Crippen molar-refractivity contribution in [2.45, 2.75) is 0 Å². The number of fused-ring (bicyclic) bond motifs is 6. The molecule has 9 rings (SSSR count). The monoisotopic (exact) mass is 658 g/mol. The molecule has 224 valence electrons. The molecule has 0 unspecified atom stereocenters. The van der Waals surface area contributed by atoms with E-state index in [2.05, 4.69) is 174 Å². The van der Waals surface area contributed by atoms with Crippen molar-refractivity contribution in [3.63, 3.8) is 0 Å². The van der Waals surface area contributed by atoms with Crippen molar-refractivity contribution < 1.29 is 0 Å². The maximum atomic E-state index is 7.08. The Bertz CT molecular complexity index is 2500. The van der Waals surface area contributed by atoms with Gasteiger partial charge in [-0.1, -0.05) is 103 Å². The molecule has 0 aliphatic rings. The molecule has 0 spiro atoms. The van der Waals surface area contributed by atoms with Crippen LogP contribution in [0.25, 0.3) is 40.3 Å². The van der Waals surface area contributed by atoms with E-state index in [0.29, 0.717) is 0 Å². The molecular weight excluding hydrogens is 632 g/mol. The lowest BCUT2D eigenvalue weighted by molar-refractivity contribution is 1.30. The van der Waals surface area contributed by atoms with Crippen LogP contribution >= 0.6 is 34.3 Å². The van der Waals surface area contributed by atoms with E-state index in [9.17, 15) is 0 Å². The molecule has 2 aromatic heterocycles. The minimum absolute atomic E-state index is 0.769. The van der Waals surface area contributed by atoms with E-state index in [4.69, 9.17) is 11.6 Å². The Morgan fingerprint density at radius 1 is 0.383 bits per heavy atom. The first-order valence-corrected chi connectivity index (χ1v) is 17.6. The Balaban J connectivity index is 1.23. The highest BCUT2D eigenvalue weighted by Gasteiger charge is 2.20. The van der Waals surface area contributed by atoms with Crippen LogP contribution in [0.15, 0.2) is 164 Å². The molecule has 0 bridgehead atoms. The van der Waals surface area contributed by atoms with E-state index in [1.54, 1.807) is 11.3 Å². The largest absolute Gasteiger partial charge is 0.310 e. The number of benzene rings is 7. The van der Waals surface area contributed by atoms with Gasteiger partial charge in [-0.15, -0.1) is 22.7 Å². The molecule has 0 atom stereocenters. The summed E-state index contributed by atoms with van der Waals surface area (Å²) in [7, 11) is 0. The number of para-hydroxylation sites is 3. The summed E-state index contributed by atoms with van der Waals surface area (Å²) in [6.45, 7) is 0. The smallest absolute Gasteiger partial charge is 0.0640 e. The molecule has 0 aliphatic heterocycles. The van der Waals surface area contributed by atoms with Gasteiger partial charge in [0.2, 0.25) is 0 Å². The van der Waals surface area contributed by atoms with Gasteiger partial charge in [-0.05, 0) is 72.8 Å². The maximum absolute atomic E-state index is 7.08. The van der Waals surface area contributed by atoms with Crippen molar-refractivity contribution in [3.8, 4) is 0 Å². The van der Waals surface area contributed by atoms with Crippen LogP contribution in [0.4, 0.5) is 34.1 Å². The number of hydrogen-bond acceptors (Lipinski definition) is 4. The summed E-state index contributed by atoms with van der Waals surface area (Å²) in [6, 6.07) is 58.2. The summed E-state index contributed by atoms with van der Waals surface area (Å²) in [5.74, 6) is 0. The molecule has 0 amide bonds. The fraction of sp³-hybridized carbons (Fsp3) is 0. The van der Waals surface area contributed by atoms with Gasteiger partial charge in [-0.2, -0.15) is 0 Å². The van der Waals surface area contributed by atoms with Crippen molar-refractivity contribution in [1.82, 2.24) is 0 Å². The summed E-state index contributed by atoms with van der Waals surface area (Å²) >= 11 is 10.7. The fourth-order valence-electron chi connectivity index (χ4n) is 6.61. The Morgan fingerprint density at radius 2 is 0.979 bits per heavy atom. The predicted molar refractivity (Wildman–Crippen MR) is 207 cm³/mol. The predicted octanol–water partition coefficient (Wildman–Crippen LogP) is 14.0. The van der Waals surface area contributed by atoms with Crippen LogP contribution in [0.1, 0.15) is 0 Å². The van der Waals surface area contributed by atoms with Crippen LogP contribution < -0.4 is 9.80 Å². The number of anilines is 6. The third-order valence-electron chi connectivity index (χ3n) is 8.68. The van der Waals surface area contributed by atoms with Crippen LogP contribution in [0, 0.1) is 0 Å². The molecule has 0 saturated carbocycles. The van der Waals surface area contributed by atoms with E-state index in [1.165, 1.54) is 40.6 Å². The molecule has 47 heavy (non-hydrogen) atoms. The second-order valence-electron chi connectivity index (χ2n) is 11.5. The highest BCUT2D eigenvalue weighted by Crippen LogP contribution is 2.48. The zero-order chi connectivity index (χ0) is 31.3. The molecule has 7 aromatic carbocycles. The summed E-state index contributed by atoms with van der Waals surface area (Å²) in [4.78, 5) is 4.68. The Labute approximate surface area is 285 Å². The topological polar surface area (TPSA) is 6.48 Å². The minimum Gasteiger partial charge on any atom is -0.310 e. The fourth-order valence-corrected chi connectivity index (χ4v) is 9.39. The lowest BCUT2D eigenvalue weighted by Gasteiger charge is -2.26. The van der Waals surface area contributed by atoms with Gasteiger partial charge >= 0.3 is 0 Å². The number of thiophene rings is 2. The Hall–Kier alpha value is -5.13. The van der Waals surface area contributed by atoms with Gasteiger partial charge in [0, 0.05) is 64.1 Å². The number of nitrogens with zero attached hydrogens (tertiary/aromatic N) is 2. The van der Waals surface area contributed by atoms with Gasteiger partial charge in [-0.25, -0.2) is 0 Å². The van der Waals surface area contributed by atoms with Gasteiger partial charge in [-0.3, -0.25) is 0 Å². The maximum Gasteiger partial charge on any atom is 0.0640 e. The van der Waals surface area contributed by atoms with E-state index in [0.717, 1.165) is 38.8 Å². The van der Waals surface area contributed by atoms with Crippen LogP contribution in [0.2, 0.25) is 5.02 Å². The van der Waals surface area contributed by atoms with E-state index in [1.807, 2.05) is 11.3 Å². The standard InChI is InChI=1S/C42H27ClN2S2/c43-36-25-32(27-40-41(36)35-19-10-11-22-38(35)46-40)44(28-13-4-1-5-14-28)31-23-24-33-34-20-12-21-37(42(34)47-39(33)26-31)45(29-15-6-2-7-16-29)30-17-8-3-9-18-30/h1-27H. The zero-order valence-electron chi connectivity index (χ0n) is 25.2. The second-order valence-corrected chi connectivity index (χ2v) is 14.1. The van der Waals surface area contributed by atoms with Gasteiger partial charge in [0.25, 0.3) is 0 Å². The lowest BCUT2D eigenvalue weighted by atomic mass is 10.1. The minimum atomic E-state index is 0.769. The molecule has 5 heteroatoms. The van der Waals surface area contributed by atoms with Crippen molar-refractivity contribution in [1.29, 1.82) is 0 Å². The normalized spacial score (nSPS) is 11.5. The van der Waals surface area contributed by atoms with Crippen LogP contribution in [-0.2, 0) is 0 Å². The molecule has 0 saturated heterocycles. The molecule has 0 aliphatic carbocycles. The van der Waals surface area contributed by atoms with Crippen LogP contribution in [0.5, 0.6) is 0 Å². The van der Waals surface area contributed by atoms with Crippen molar-refractivity contribution in [2.24, 2.45) is 0 Å². The highest BCUT2D eigenvalue weighted by atomic mass is 35.5. The third kappa shape index (κ3) is 4.85. The first-order chi connectivity index (χ1) is 23.2. The average molecular weight is 659 g/mol. The van der Waals surface area contributed by atoms with E-state index < -0.39 is 0 Å². The molecule has 0 N–H and O–H groups in total. The SMILES string of the molecule is Clc1cc(N(c2ccccc2)c2ccc3c(c2)sc2c(N(c4ccccc4)c4ccccc4)cccc23)cc2sc3ccccc3c12. The second kappa shape index (κ2) is 11.6. The van der Waals surface area contributed by atoms with E-state index in [-0.39, 0.29) is 0 Å². The molecule has 2 nitrogen and oxygen atoms in total. The molecule has 2 heterocycles. The van der Waals surface area contributed by atoms with Crippen LogP contribution in [0.3, 0.4) is 0 Å². The quantitative estimate of drug-likeness (QED) is 0.175. The third-order valence-corrected chi connectivity index (χ3v) is 11.3. The summed E-state index contributed by atoms with van der Waals surface area (Å²) < 4.78 is 4.92. The van der Waals surface area contributed by atoms with Gasteiger partial charge < -0.3 is 9.80 Å². The van der Waals surface area contributed by atoms with Crippen molar-refractivity contribution in [2.75, 3.05) is 9.80 Å². The first-order valence-electron chi connectivity index (χ1n) is 15.5. The lowest BCUT2D eigenvalue weighted by Crippen LogP contribution is -2.09. The molecule has 0 radical (unpaired) electrons. The van der Waals surface area contributed by atoms with Gasteiger partial charge in [0.1, 0.15) is 0 Å². The number of halogens is 1. The van der Waals surface area contributed by atoms with Crippen LogP contribution in [-0.4, -0.2) is 0 Å². The zero-order valence-corrected chi connectivity index (χ0v) is 27.6. The number of rotatable bonds is 6. The Kier molecular flexibility index (Phi) is 6.93. The van der Waals surface area contributed by atoms with Gasteiger partial charge in [0.15, 0.2) is 0 Å². The Morgan fingerprint density at radius 3 is 1.68 bits per heavy atom. The van der Waals surface area contributed by atoms with E-state index >= 15 is 0 Å². The van der Waals surface area contributed by atoms with Crippen molar-refractivity contribution >= 4 is 109 Å². The summed E-state index contributed by atoms with van der Waals surface area (Å²) in [6.07, 6.45) is 0. The molecule has 9 aromatic rings. The van der Waals surface area contributed by atoms with Crippen molar-refractivity contribution in [3.05, 3.63) is 169 Å². The average Bonchev–Trinajstić information content (AvgIpc) is 3.69. The highest BCUT2D eigenvalue weighted by molar-refractivity contribution is 7.26. The first kappa shape index (κ1) is 28.1. The molecular formula is C42H27ClN2S2. The molecule has 0 fully saturated rings. The number of hydrogen-bond donors (Lipinski definition) is 0.